The minimum atomic E-state index is -1.35. The van der Waals surface area contributed by atoms with Crippen molar-refractivity contribution in [2.24, 2.45) is 4.99 Å². The molecule has 4 rings (SSSR count). The van der Waals surface area contributed by atoms with Crippen molar-refractivity contribution in [2.45, 2.75) is 30.9 Å². The molecule has 3 aromatic carbocycles. The smallest absolute Gasteiger partial charge is 0.266 e. The molecule has 0 spiro atoms. The van der Waals surface area contributed by atoms with Crippen LogP contribution in [-0.2, 0) is 20.7 Å². The Morgan fingerprint density at radius 1 is 1.02 bits per heavy atom. The molecule has 1 aliphatic rings. The van der Waals surface area contributed by atoms with E-state index in [-0.39, 0.29) is 18.9 Å². The standard InChI is InChI=1S/C31H36BrN3O6/c1-38-18-6-16-33-35-30(37)31(21-24-8-3-4-11-27(24)32)28(23-9-5-10-26(20-23)39-2)41-29(34-31)22-12-14-25(15-13-22)40-19-7-17-36/h3-5,8-15,20,28,33,36H,6-7,16-19,21H2,1-2H3,(H,35,37)/t28-,31-/m0/s1. The first-order valence-corrected chi connectivity index (χ1v) is 14.3. The third-order valence-electron chi connectivity index (χ3n) is 6.70. The van der Waals surface area contributed by atoms with Gasteiger partial charge >= 0.3 is 0 Å². The number of aliphatic hydroxyl groups is 1. The van der Waals surface area contributed by atoms with Gasteiger partial charge in [0.15, 0.2) is 11.6 Å². The normalized spacial score (nSPS) is 18.0. The van der Waals surface area contributed by atoms with Crippen molar-refractivity contribution in [3.05, 3.63) is 94.0 Å². The van der Waals surface area contributed by atoms with E-state index in [1.807, 2.05) is 72.8 Å². The van der Waals surface area contributed by atoms with E-state index in [4.69, 9.17) is 29.0 Å². The Kier molecular flexibility index (Phi) is 11.1. The predicted molar refractivity (Wildman–Crippen MR) is 160 cm³/mol. The zero-order valence-corrected chi connectivity index (χ0v) is 24.9. The number of amides is 1. The zero-order chi connectivity index (χ0) is 29.1. The maximum Gasteiger partial charge on any atom is 0.266 e. The molecule has 0 aromatic heterocycles. The second kappa shape index (κ2) is 15.0. The molecule has 0 bridgehead atoms. The van der Waals surface area contributed by atoms with Gasteiger partial charge in [-0.25, -0.2) is 10.4 Å². The topological polar surface area (TPSA) is 111 Å². The number of aliphatic hydroxyl groups excluding tert-OH is 1. The van der Waals surface area contributed by atoms with Gasteiger partial charge in [-0.05, 0) is 60.0 Å². The number of halogens is 1. The highest BCUT2D eigenvalue weighted by Gasteiger charge is 2.53. The van der Waals surface area contributed by atoms with E-state index in [9.17, 15) is 4.79 Å². The number of rotatable bonds is 15. The summed E-state index contributed by atoms with van der Waals surface area (Å²) in [6, 6.07) is 22.6. The molecule has 41 heavy (non-hydrogen) atoms. The summed E-state index contributed by atoms with van der Waals surface area (Å²) in [6.45, 7) is 1.58. The zero-order valence-electron chi connectivity index (χ0n) is 23.3. The fourth-order valence-electron chi connectivity index (χ4n) is 4.57. The molecule has 10 heteroatoms. The molecule has 9 nitrogen and oxygen atoms in total. The quantitative estimate of drug-likeness (QED) is 0.170. The van der Waals surface area contributed by atoms with Crippen LogP contribution >= 0.6 is 15.9 Å². The first-order chi connectivity index (χ1) is 20.0. The Labute approximate surface area is 249 Å². The molecule has 3 N–H and O–H groups in total. The lowest BCUT2D eigenvalue weighted by Gasteiger charge is -2.31. The summed E-state index contributed by atoms with van der Waals surface area (Å²) in [4.78, 5) is 19.2. The molecule has 0 saturated carbocycles. The van der Waals surface area contributed by atoms with E-state index in [0.717, 1.165) is 22.0 Å². The van der Waals surface area contributed by atoms with Crippen LogP contribution in [0.25, 0.3) is 0 Å². The maximum absolute atomic E-state index is 14.2. The minimum Gasteiger partial charge on any atom is -0.497 e. The lowest BCUT2D eigenvalue weighted by molar-refractivity contribution is -0.130. The first kappa shape index (κ1) is 30.5. The van der Waals surface area contributed by atoms with E-state index in [2.05, 4.69) is 26.8 Å². The monoisotopic (exact) mass is 625 g/mol. The minimum absolute atomic E-state index is 0.0668. The Morgan fingerprint density at radius 3 is 2.56 bits per heavy atom. The van der Waals surface area contributed by atoms with Crippen LogP contribution < -0.4 is 20.3 Å². The Balaban J connectivity index is 1.75. The molecule has 0 aliphatic carbocycles. The molecule has 2 atom stereocenters. The highest BCUT2D eigenvalue weighted by atomic mass is 79.9. The van der Waals surface area contributed by atoms with E-state index >= 15 is 0 Å². The average Bonchev–Trinajstić information content (AvgIpc) is 3.39. The van der Waals surface area contributed by atoms with Gasteiger partial charge in [-0.2, -0.15) is 0 Å². The second-order valence-electron chi connectivity index (χ2n) is 9.56. The summed E-state index contributed by atoms with van der Waals surface area (Å²) in [5.41, 5.74) is 6.94. The fourth-order valence-corrected chi connectivity index (χ4v) is 5.00. The largest absolute Gasteiger partial charge is 0.497 e. The van der Waals surface area contributed by atoms with Crippen molar-refractivity contribution in [2.75, 3.05) is 40.6 Å². The SMILES string of the molecule is COCCCNNC(=O)[C@@]1(Cc2ccccc2Br)N=C(c2ccc(OCCCO)cc2)O[C@H]1c1cccc(OC)c1. The van der Waals surface area contributed by atoms with Crippen LogP contribution in [0, 0.1) is 0 Å². The van der Waals surface area contributed by atoms with Crippen LogP contribution in [0.3, 0.4) is 0 Å². The fraction of sp³-hybridized carbons (Fsp3) is 0.355. The van der Waals surface area contributed by atoms with Gasteiger partial charge in [0.05, 0.1) is 13.7 Å². The third kappa shape index (κ3) is 7.65. The molecule has 1 heterocycles. The molecule has 0 saturated heterocycles. The predicted octanol–water partition coefficient (Wildman–Crippen LogP) is 4.38. The summed E-state index contributed by atoms with van der Waals surface area (Å²) < 4.78 is 23.7. The molecule has 218 valence electrons. The number of benzene rings is 3. The molecule has 0 unspecified atom stereocenters. The van der Waals surface area contributed by atoms with Crippen molar-refractivity contribution in [1.29, 1.82) is 0 Å². The van der Waals surface area contributed by atoms with Gasteiger partial charge in [-0.3, -0.25) is 10.2 Å². The number of methoxy groups -OCH3 is 2. The van der Waals surface area contributed by atoms with Gasteiger partial charge in [-0.15, -0.1) is 0 Å². The second-order valence-corrected chi connectivity index (χ2v) is 10.4. The van der Waals surface area contributed by atoms with E-state index < -0.39 is 11.6 Å². The van der Waals surface area contributed by atoms with Gasteiger partial charge in [-0.1, -0.05) is 46.3 Å². The molecule has 0 radical (unpaired) electrons. The summed E-state index contributed by atoms with van der Waals surface area (Å²) in [5.74, 6) is 1.35. The number of ether oxygens (including phenoxy) is 4. The van der Waals surface area contributed by atoms with Crippen LogP contribution in [-0.4, -0.2) is 63.0 Å². The Morgan fingerprint density at radius 2 is 1.83 bits per heavy atom. The molecular weight excluding hydrogens is 590 g/mol. The number of hydrogen-bond acceptors (Lipinski definition) is 8. The van der Waals surface area contributed by atoms with Gasteiger partial charge in [0, 0.05) is 49.7 Å². The molecule has 0 fully saturated rings. The number of carbonyl (C=O) groups is 1. The van der Waals surface area contributed by atoms with Crippen molar-refractivity contribution < 1.29 is 28.8 Å². The van der Waals surface area contributed by atoms with E-state index in [0.29, 0.717) is 49.1 Å². The molecule has 1 aliphatic heterocycles. The Hall–Kier alpha value is -3.44. The third-order valence-corrected chi connectivity index (χ3v) is 7.47. The Bertz CT molecular complexity index is 1320. The van der Waals surface area contributed by atoms with Gasteiger partial charge < -0.3 is 24.1 Å². The molecular formula is C31H36BrN3O6. The summed E-state index contributed by atoms with van der Waals surface area (Å²) in [6.07, 6.45) is 0.797. The lowest BCUT2D eigenvalue weighted by atomic mass is 9.82. The highest BCUT2D eigenvalue weighted by molar-refractivity contribution is 9.10. The number of hydrogen-bond donors (Lipinski definition) is 3. The van der Waals surface area contributed by atoms with Crippen LogP contribution in [0.4, 0.5) is 0 Å². The van der Waals surface area contributed by atoms with Crippen LogP contribution in [0.15, 0.2) is 82.3 Å². The van der Waals surface area contributed by atoms with Gasteiger partial charge in [0.1, 0.15) is 11.5 Å². The van der Waals surface area contributed by atoms with Crippen LogP contribution in [0.2, 0.25) is 0 Å². The lowest BCUT2D eigenvalue weighted by Crippen LogP contribution is -2.54. The molecule has 1 amide bonds. The summed E-state index contributed by atoms with van der Waals surface area (Å²) in [7, 11) is 3.25. The molecule has 3 aromatic rings. The van der Waals surface area contributed by atoms with Crippen LogP contribution in [0.1, 0.15) is 35.6 Å². The number of nitrogens with one attached hydrogen (secondary N) is 2. The first-order valence-electron chi connectivity index (χ1n) is 13.5. The number of hydrazine groups is 1. The van der Waals surface area contributed by atoms with Crippen LogP contribution in [0.5, 0.6) is 11.5 Å². The number of carbonyl (C=O) groups excluding carboxylic acids is 1. The maximum atomic E-state index is 14.2. The number of nitrogens with zero attached hydrogens (tertiary/aromatic N) is 1. The average molecular weight is 627 g/mol. The van der Waals surface area contributed by atoms with E-state index in [1.54, 1.807) is 14.2 Å². The summed E-state index contributed by atoms with van der Waals surface area (Å²) in [5, 5.41) is 9.03. The van der Waals surface area contributed by atoms with Crippen molar-refractivity contribution in [3.8, 4) is 11.5 Å². The van der Waals surface area contributed by atoms with Crippen molar-refractivity contribution in [3.63, 3.8) is 0 Å². The number of aliphatic imine (C=N–C) groups is 1. The van der Waals surface area contributed by atoms with Crippen molar-refractivity contribution in [1.82, 2.24) is 10.9 Å². The van der Waals surface area contributed by atoms with Crippen molar-refractivity contribution >= 4 is 27.7 Å². The van der Waals surface area contributed by atoms with E-state index in [1.165, 1.54) is 0 Å². The summed E-state index contributed by atoms with van der Waals surface area (Å²) >= 11 is 3.65. The highest BCUT2D eigenvalue weighted by Crippen LogP contribution is 2.44. The van der Waals surface area contributed by atoms with Gasteiger partial charge in [0.2, 0.25) is 5.90 Å². The van der Waals surface area contributed by atoms with Gasteiger partial charge in [0.25, 0.3) is 5.91 Å².